The molecule has 2 N–H and O–H groups in total. The molecule has 0 spiro atoms. The highest BCUT2D eigenvalue weighted by Crippen LogP contribution is 2.19. The number of hydrogen-bond acceptors (Lipinski definition) is 5. The highest BCUT2D eigenvalue weighted by Gasteiger charge is 2.19. The molecule has 8 nitrogen and oxygen atoms in total. The van der Waals surface area contributed by atoms with Crippen LogP contribution in [-0.4, -0.2) is 58.5 Å². The summed E-state index contributed by atoms with van der Waals surface area (Å²) in [5, 5.41) is 6.10. The first-order chi connectivity index (χ1) is 15.1. The molecule has 1 saturated heterocycles. The molecule has 1 atom stereocenters. The van der Waals surface area contributed by atoms with Crippen LogP contribution in [0.3, 0.4) is 0 Å². The Kier molecular flexibility index (Phi) is 8.58. The Balaban J connectivity index is 1.32. The van der Waals surface area contributed by atoms with E-state index in [4.69, 9.17) is 0 Å². The molecule has 1 fully saturated rings. The van der Waals surface area contributed by atoms with E-state index in [2.05, 4.69) is 27.4 Å². The standard InChI is InChI=1S/C23H33N5O3/c1-2-18-8-5-6-14-27(18)15-7-12-24-21(29)11-13-25-22(30)16-28-17-26-20-10-4-3-9-19(20)23(28)31/h3-4,9-10,17-18H,2,5-8,11-16H2,1H3,(H,24,29)(H,25,30)/t18-/m0/s1. The molecule has 8 heteroatoms. The van der Waals surface area contributed by atoms with Crippen LogP contribution < -0.4 is 16.2 Å². The lowest BCUT2D eigenvalue weighted by Crippen LogP contribution is -2.40. The van der Waals surface area contributed by atoms with Crippen molar-refractivity contribution in [2.75, 3.05) is 26.2 Å². The van der Waals surface area contributed by atoms with E-state index >= 15 is 0 Å². The molecule has 0 bridgehead atoms. The number of carbonyl (C=O) groups excluding carboxylic acids is 2. The molecule has 2 aromatic rings. The van der Waals surface area contributed by atoms with Crippen LogP contribution >= 0.6 is 0 Å². The van der Waals surface area contributed by atoms with Crippen LogP contribution in [0, 0.1) is 0 Å². The van der Waals surface area contributed by atoms with Crippen LogP contribution in [0.15, 0.2) is 35.4 Å². The third-order valence-electron chi connectivity index (χ3n) is 5.88. The Labute approximate surface area is 183 Å². The van der Waals surface area contributed by atoms with E-state index in [0.717, 1.165) is 19.5 Å². The summed E-state index contributed by atoms with van der Waals surface area (Å²) in [5.41, 5.74) is 0.351. The number of para-hydroxylation sites is 1. The summed E-state index contributed by atoms with van der Waals surface area (Å²) in [5.74, 6) is -0.391. The van der Waals surface area contributed by atoms with Gasteiger partial charge in [-0.3, -0.25) is 19.0 Å². The third-order valence-corrected chi connectivity index (χ3v) is 5.88. The molecule has 31 heavy (non-hydrogen) atoms. The van der Waals surface area contributed by atoms with Crippen molar-refractivity contribution >= 4 is 22.7 Å². The molecular formula is C23H33N5O3. The van der Waals surface area contributed by atoms with E-state index < -0.39 is 0 Å². The maximum Gasteiger partial charge on any atom is 0.261 e. The summed E-state index contributed by atoms with van der Waals surface area (Å²) >= 11 is 0. The molecule has 0 unspecified atom stereocenters. The Morgan fingerprint density at radius 1 is 1.13 bits per heavy atom. The minimum Gasteiger partial charge on any atom is -0.356 e. The van der Waals surface area contributed by atoms with Crippen molar-refractivity contribution in [2.45, 2.75) is 58.0 Å². The zero-order valence-corrected chi connectivity index (χ0v) is 18.3. The maximum atomic E-state index is 12.4. The maximum absolute atomic E-state index is 12.4. The molecule has 0 saturated carbocycles. The van der Waals surface area contributed by atoms with Crippen molar-refractivity contribution in [1.29, 1.82) is 0 Å². The van der Waals surface area contributed by atoms with Crippen molar-refractivity contribution in [3.05, 3.63) is 40.9 Å². The van der Waals surface area contributed by atoms with Crippen LogP contribution in [0.4, 0.5) is 0 Å². The summed E-state index contributed by atoms with van der Waals surface area (Å²) in [7, 11) is 0. The number of benzene rings is 1. The van der Waals surface area contributed by atoms with Gasteiger partial charge >= 0.3 is 0 Å². The smallest absolute Gasteiger partial charge is 0.261 e. The zero-order chi connectivity index (χ0) is 22.1. The van der Waals surface area contributed by atoms with Gasteiger partial charge in [0.05, 0.1) is 17.2 Å². The number of nitrogens with zero attached hydrogens (tertiary/aromatic N) is 3. The molecule has 0 aliphatic carbocycles. The molecule has 2 heterocycles. The van der Waals surface area contributed by atoms with E-state index in [0.29, 0.717) is 23.5 Å². The lowest BCUT2D eigenvalue weighted by atomic mass is 10.00. The number of nitrogens with one attached hydrogen (secondary N) is 2. The van der Waals surface area contributed by atoms with Gasteiger partial charge in [0.2, 0.25) is 11.8 Å². The average Bonchev–Trinajstić information content (AvgIpc) is 2.79. The highest BCUT2D eigenvalue weighted by molar-refractivity contribution is 5.80. The lowest BCUT2D eigenvalue weighted by molar-refractivity contribution is -0.122. The quantitative estimate of drug-likeness (QED) is 0.563. The van der Waals surface area contributed by atoms with Gasteiger partial charge in [0.15, 0.2) is 0 Å². The summed E-state index contributed by atoms with van der Waals surface area (Å²) in [6.45, 7) is 5.19. The number of piperidine rings is 1. The van der Waals surface area contributed by atoms with Crippen LogP contribution in [0.5, 0.6) is 0 Å². The van der Waals surface area contributed by atoms with Crippen molar-refractivity contribution in [3.8, 4) is 0 Å². The monoisotopic (exact) mass is 427 g/mol. The van der Waals surface area contributed by atoms with Gasteiger partial charge in [-0.2, -0.15) is 0 Å². The molecule has 3 rings (SSSR count). The predicted octanol–water partition coefficient (Wildman–Crippen LogP) is 1.67. The Morgan fingerprint density at radius 3 is 2.77 bits per heavy atom. The molecule has 1 aromatic heterocycles. The Morgan fingerprint density at radius 2 is 1.94 bits per heavy atom. The van der Waals surface area contributed by atoms with Gasteiger partial charge in [-0.15, -0.1) is 0 Å². The fourth-order valence-electron chi connectivity index (χ4n) is 4.16. The van der Waals surface area contributed by atoms with Gasteiger partial charge in [0, 0.05) is 32.1 Å². The van der Waals surface area contributed by atoms with E-state index in [1.54, 1.807) is 18.2 Å². The zero-order valence-electron chi connectivity index (χ0n) is 18.3. The highest BCUT2D eigenvalue weighted by atomic mass is 16.2. The predicted molar refractivity (Wildman–Crippen MR) is 121 cm³/mol. The Bertz CT molecular complexity index is 942. The van der Waals surface area contributed by atoms with Crippen LogP contribution in [0.1, 0.15) is 45.4 Å². The number of likely N-dealkylation sites (tertiary alicyclic amines) is 1. The van der Waals surface area contributed by atoms with Crippen molar-refractivity contribution in [1.82, 2.24) is 25.1 Å². The fraction of sp³-hybridized carbons (Fsp3) is 0.565. The average molecular weight is 428 g/mol. The summed E-state index contributed by atoms with van der Waals surface area (Å²) < 4.78 is 1.28. The van der Waals surface area contributed by atoms with E-state index in [9.17, 15) is 14.4 Å². The second-order valence-electron chi connectivity index (χ2n) is 8.09. The van der Waals surface area contributed by atoms with E-state index in [-0.39, 0.29) is 36.9 Å². The summed E-state index contributed by atoms with van der Waals surface area (Å²) in [6.07, 6.45) is 7.59. The van der Waals surface area contributed by atoms with Crippen LogP contribution in [0.2, 0.25) is 0 Å². The molecule has 1 aliphatic rings. The molecule has 0 radical (unpaired) electrons. The summed E-state index contributed by atoms with van der Waals surface area (Å²) in [4.78, 5) is 43.3. The normalized spacial score (nSPS) is 16.9. The van der Waals surface area contributed by atoms with Crippen LogP contribution in [0.25, 0.3) is 10.9 Å². The third kappa shape index (κ3) is 6.62. The number of carbonyl (C=O) groups is 2. The second kappa shape index (κ2) is 11.6. The SMILES string of the molecule is CC[C@H]1CCCCN1CCCNC(=O)CCNC(=O)Cn1cnc2ccccc2c1=O. The van der Waals surface area contributed by atoms with Crippen molar-refractivity contribution < 1.29 is 9.59 Å². The molecular weight excluding hydrogens is 394 g/mol. The summed E-state index contributed by atoms with van der Waals surface area (Å²) in [6, 6.07) is 7.71. The number of rotatable bonds is 10. The van der Waals surface area contributed by atoms with Crippen molar-refractivity contribution in [3.63, 3.8) is 0 Å². The van der Waals surface area contributed by atoms with Gasteiger partial charge in [-0.25, -0.2) is 4.98 Å². The van der Waals surface area contributed by atoms with Gasteiger partial charge in [-0.1, -0.05) is 25.5 Å². The minimum atomic E-state index is -0.317. The molecule has 168 valence electrons. The minimum absolute atomic E-state index is 0.0736. The molecule has 1 aromatic carbocycles. The first-order valence-corrected chi connectivity index (χ1v) is 11.3. The number of fused-ring (bicyclic) bond motifs is 1. The Hall–Kier alpha value is -2.74. The number of hydrogen-bond donors (Lipinski definition) is 2. The second-order valence-corrected chi connectivity index (χ2v) is 8.09. The van der Waals surface area contributed by atoms with Gasteiger partial charge in [0.25, 0.3) is 5.56 Å². The van der Waals surface area contributed by atoms with Crippen LogP contribution in [-0.2, 0) is 16.1 Å². The van der Waals surface area contributed by atoms with Gasteiger partial charge < -0.3 is 15.5 Å². The van der Waals surface area contributed by atoms with E-state index in [1.807, 2.05) is 6.07 Å². The topological polar surface area (TPSA) is 96.3 Å². The lowest BCUT2D eigenvalue weighted by Gasteiger charge is -2.35. The number of aromatic nitrogens is 2. The first-order valence-electron chi connectivity index (χ1n) is 11.3. The van der Waals surface area contributed by atoms with Gasteiger partial charge in [0.1, 0.15) is 6.54 Å². The molecule has 1 aliphatic heterocycles. The first kappa shape index (κ1) is 22.9. The number of amides is 2. The van der Waals surface area contributed by atoms with E-state index in [1.165, 1.54) is 36.6 Å². The van der Waals surface area contributed by atoms with Gasteiger partial charge in [-0.05, 0) is 44.4 Å². The fourth-order valence-corrected chi connectivity index (χ4v) is 4.16. The molecule has 2 amide bonds. The van der Waals surface area contributed by atoms with Crippen molar-refractivity contribution in [2.24, 2.45) is 0 Å². The largest absolute Gasteiger partial charge is 0.356 e.